The second-order valence-electron chi connectivity index (χ2n) is 7.03. The number of benzene rings is 3. The SMILES string of the molecule is COc1cc(/C=C(\C#N)C(=O)Nc2cc(Cl)ccc2C)cc(Br)c1OCc1ccc(F)cc1. The number of methoxy groups -OCH3 is 1. The molecule has 1 amide bonds. The average molecular weight is 530 g/mol. The number of aryl methyl sites for hydroxylation is 1. The van der Waals surface area contributed by atoms with Gasteiger partial charge in [0, 0.05) is 10.7 Å². The Morgan fingerprint density at radius 1 is 1.21 bits per heavy atom. The van der Waals surface area contributed by atoms with Gasteiger partial charge in [-0.25, -0.2) is 4.39 Å². The monoisotopic (exact) mass is 528 g/mol. The van der Waals surface area contributed by atoms with Crippen LogP contribution in [0.5, 0.6) is 11.5 Å². The fourth-order valence-electron chi connectivity index (χ4n) is 2.93. The highest BCUT2D eigenvalue weighted by atomic mass is 79.9. The average Bonchev–Trinajstić information content (AvgIpc) is 2.79. The molecule has 0 radical (unpaired) electrons. The zero-order valence-corrected chi connectivity index (χ0v) is 20.1. The molecular formula is C25H19BrClFN2O3. The van der Waals surface area contributed by atoms with Crippen molar-refractivity contribution in [1.82, 2.24) is 0 Å². The van der Waals surface area contributed by atoms with Gasteiger partial charge >= 0.3 is 0 Å². The molecule has 0 saturated heterocycles. The van der Waals surface area contributed by atoms with E-state index in [1.54, 1.807) is 42.5 Å². The molecule has 0 bridgehead atoms. The van der Waals surface area contributed by atoms with E-state index < -0.39 is 5.91 Å². The minimum absolute atomic E-state index is 0.0942. The van der Waals surface area contributed by atoms with Crippen molar-refractivity contribution in [3.05, 3.63) is 92.2 Å². The summed E-state index contributed by atoms with van der Waals surface area (Å²) in [6.45, 7) is 2.03. The number of nitriles is 1. The van der Waals surface area contributed by atoms with Gasteiger partial charge in [0.25, 0.3) is 5.91 Å². The highest BCUT2D eigenvalue weighted by Crippen LogP contribution is 2.38. The molecule has 168 valence electrons. The Labute approximate surface area is 204 Å². The van der Waals surface area contributed by atoms with Crippen molar-refractivity contribution in [2.75, 3.05) is 12.4 Å². The molecule has 0 aliphatic rings. The number of ether oxygens (including phenoxy) is 2. The fourth-order valence-corrected chi connectivity index (χ4v) is 3.68. The van der Waals surface area contributed by atoms with Crippen LogP contribution < -0.4 is 14.8 Å². The summed E-state index contributed by atoms with van der Waals surface area (Å²) in [5, 5.41) is 12.7. The van der Waals surface area contributed by atoms with Crippen molar-refractivity contribution in [3.8, 4) is 17.6 Å². The third-order valence-electron chi connectivity index (χ3n) is 4.67. The van der Waals surface area contributed by atoms with E-state index in [4.69, 9.17) is 21.1 Å². The number of amides is 1. The van der Waals surface area contributed by atoms with Crippen molar-refractivity contribution >= 4 is 45.2 Å². The highest BCUT2D eigenvalue weighted by Gasteiger charge is 2.15. The molecule has 8 heteroatoms. The minimum Gasteiger partial charge on any atom is -0.493 e. The summed E-state index contributed by atoms with van der Waals surface area (Å²) in [5.41, 5.74) is 2.59. The van der Waals surface area contributed by atoms with Crippen LogP contribution in [0.15, 0.2) is 64.6 Å². The van der Waals surface area contributed by atoms with Gasteiger partial charge in [-0.3, -0.25) is 4.79 Å². The van der Waals surface area contributed by atoms with Crippen molar-refractivity contribution in [2.45, 2.75) is 13.5 Å². The molecule has 1 N–H and O–H groups in total. The maximum absolute atomic E-state index is 13.1. The lowest BCUT2D eigenvalue weighted by Crippen LogP contribution is -2.14. The largest absolute Gasteiger partial charge is 0.493 e. The number of anilines is 1. The molecule has 33 heavy (non-hydrogen) atoms. The number of carbonyl (C=O) groups excluding carboxylic acids is 1. The topological polar surface area (TPSA) is 71.3 Å². The number of hydrogen-bond acceptors (Lipinski definition) is 4. The summed E-state index contributed by atoms with van der Waals surface area (Å²) in [4.78, 5) is 12.7. The van der Waals surface area contributed by atoms with E-state index in [-0.39, 0.29) is 18.0 Å². The van der Waals surface area contributed by atoms with Crippen LogP contribution >= 0.6 is 27.5 Å². The quantitative estimate of drug-likeness (QED) is 0.274. The molecule has 0 atom stereocenters. The predicted octanol–water partition coefficient (Wildman–Crippen LogP) is 6.68. The first-order valence-corrected chi connectivity index (χ1v) is 10.9. The van der Waals surface area contributed by atoms with Crippen LogP contribution in [-0.2, 0) is 11.4 Å². The lowest BCUT2D eigenvalue weighted by molar-refractivity contribution is -0.112. The van der Waals surface area contributed by atoms with Crippen LogP contribution in [0.2, 0.25) is 5.02 Å². The number of hydrogen-bond donors (Lipinski definition) is 1. The van der Waals surface area contributed by atoms with Crippen molar-refractivity contribution in [3.63, 3.8) is 0 Å². The first-order valence-electron chi connectivity index (χ1n) is 9.74. The molecule has 0 aliphatic carbocycles. The molecule has 0 unspecified atom stereocenters. The predicted molar refractivity (Wildman–Crippen MR) is 130 cm³/mol. The van der Waals surface area contributed by atoms with Crippen LogP contribution in [0.1, 0.15) is 16.7 Å². The maximum atomic E-state index is 13.1. The fraction of sp³-hybridized carbons (Fsp3) is 0.120. The van der Waals surface area contributed by atoms with Crippen molar-refractivity contribution < 1.29 is 18.7 Å². The third kappa shape index (κ3) is 6.35. The van der Waals surface area contributed by atoms with Gasteiger partial charge in [0.1, 0.15) is 24.1 Å². The lowest BCUT2D eigenvalue weighted by atomic mass is 10.1. The van der Waals surface area contributed by atoms with E-state index in [1.807, 2.05) is 13.0 Å². The molecule has 5 nitrogen and oxygen atoms in total. The summed E-state index contributed by atoms with van der Waals surface area (Å²) in [7, 11) is 1.49. The Morgan fingerprint density at radius 3 is 2.61 bits per heavy atom. The maximum Gasteiger partial charge on any atom is 0.266 e. The van der Waals surface area contributed by atoms with E-state index >= 15 is 0 Å². The van der Waals surface area contributed by atoms with Crippen LogP contribution in [0.3, 0.4) is 0 Å². The van der Waals surface area contributed by atoms with E-state index in [2.05, 4.69) is 21.2 Å². The number of halogens is 3. The first kappa shape index (κ1) is 24.3. The van der Waals surface area contributed by atoms with Crippen LogP contribution in [0.4, 0.5) is 10.1 Å². The number of carbonyl (C=O) groups is 1. The summed E-state index contributed by atoms with van der Waals surface area (Å²) in [5.74, 6) is -0.0382. The van der Waals surface area contributed by atoms with Crippen molar-refractivity contribution in [2.24, 2.45) is 0 Å². The number of nitrogens with one attached hydrogen (secondary N) is 1. The molecule has 3 aromatic carbocycles. The van der Waals surface area contributed by atoms with Crippen LogP contribution in [0.25, 0.3) is 6.08 Å². The smallest absolute Gasteiger partial charge is 0.266 e. The van der Waals surface area contributed by atoms with E-state index in [0.717, 1.165) is 11.1 Å². The van der Waals surface area contributed by atoms with Gasteiger partial charge in [-0.1, -0.05) is 29.8 Å². The molecule has 0 heterocycles. The Hall–Kier alpha value is -3.34. The summed E-state index contributed by atoms with van der Waals surface area (Å²) in [6, 6.07) is 16.4. The zero-order valence-electron chi connectivity index (χ0n) is 17.8. The van der Waals surface area contributed by atoms with Gasteiger partial charge in [-0.2, -0.15) is 5.26 Å². The molecule has 3 aromatic rings. The van der Waals surface area contributed by atoms with Crippen molar-refractivity contribution in [1.29, 1.82) is 5.26 Å². The molecule has 3 rings (SSSR count). The van der Waals surface area contributed by atoms with Crippen LogP contribution in [-0.4, -0.2) is 13.0 Å². The summed E-state index contributed by atoms with van der Waals surface area (Å²) < 4.78 is 24.9. The minimum atomic E-state index is -0.561. The van der Waals surface area contributed by atoms with E-state index in [0.29, 0.717) is 32.2 Å². The third-order valence-corrected chi connectivity index (χ3v) is 5.50. The van der Waals surface area contributed by atoms with Gasteiger partial charge in [0.15, 0.2) is 11.5 Å². The van der Waals surface area contributed by atoms with Gasteiger partial charge in [0.05, 0.1) is 11.6 Å². The highest BCUT2D eigenvalue weighted by molar-refractivity contribution is 9.10. The molecule has 0 saturated carbocycles. The molecule has 0 aromatic heterocycles. The first-order chi connectivity index (χ1) is 15.8. The molecule has 0 aliphatic heterocycles. The van der Waals surface area contributed by atoms with E-state index in [9.17, 15) is 14.4 Å². The van der Waals surface area contributed by atoms with Crippen LogP contribution in [0, 0.1) is 24.1 Å². The number of rotatable bonds is 7. The Balaban J connectivity index is 1.83. The lowest BCUT2D eigenvalue weighted by Gasteiger charge is -2.14. The second-order valence-corrected chi connectivity index (χ2v) is 8.32. The summed E-state index contributed by atoms with van der Waals surface area (Å²) >= 11 is 9.45. The van der Waals surface area contributed by atoms with Gasteiger partial charge in [0.2, 0.25) is 0 Å². The molecule has 0 fully saturated rings. The normalized spacial score (nSPS) is 11.0. The second kappa shape index (κ2) is 11.0. The summed E-state index contributed by atoms with van der Waals surface area (Å²) in [6.07, 6.45) is 1.45. The molecule has 0 spiro atoms. The van der Waals surface area contributed by atoms with E-state index in [1.165, 1.54) is 25.3 Å². The number of nitrogens with zero attached hydrogens (tertiary/aromatic N) is 1. The Bertz CT molecular complexity index is 1250. The molecular weight excluding hydrogens is 511 g/mol. The standard InChI is InChI=1S/C25H19BrClFN2O3/c1-15-3-6-19(27)12-22(15)30-25(31)18(13-29)9-17-10-21(26)24(23(11-17)32-2)33-14-16-4-7-20(28)8-5-16/h3-12H,14H2,1-2H3,(H,30,31)/b18-9+. The van der Waals surface area contributed by atoms with Gasteiger partial charge in [-0.15, -0.1) is 0 Å². The Kier molecular flexibility index (Phi) is 8.10. The zero-order chi connectivity index (χ0) is 24.0. The Morgan fingerprint density at radius 2 is 1.94 bits per heavy atom. The van der Waals surface area contributed by atoms with Gasteiger partial charge < -0.3 is 14.8 Å². The van der Waals surface area contributed by atoms with Gasteiger partial charge in [-0.05, 0) is 82.0 Å².